The van der Waals surface area contributed by atoms with E-state index in [1.165, 1.54) is 11.3 Å². The Kier molecular flexibility index (Phi) is 3.47. The number of hydrogen-bond donors (Lipinski definition) is 3. The van der Waals surface area contributed by atoms with Crippen LogP contribution < -0.4 is 11.2 Å². The summed E-state index contributed by atoms with van der Waals surface area (Å²) in [6.45, 7) is 3.86. The van der Waals surface area contributed by atoms with Crippen molar-refractivity contribution in [2.75, 3.05) is 11.2 Å². The zero-order valence-electron chi connectivity index (χ0n) is 10.1. The number of aromatic nitrogens is 1. The highest BCUT2D eigenvalue weighted by atomic mass is 32.1. The number of phenolic OH excluding ortho intramolecular Hbond substituents is 1. The number of nitrogen functional groups attached to an aromatic ring is 1. The molecule has 0 saturated heterocycles. The summed E-state index contributed by atoms with van der Waals surface area (Å²) >= 11 is 1.37. The van der Waals surface area contributed by atoms with Crippen LogP contribution in [-0.2, 0) is 0 Å². The highest BCUT2D eigenvalue weighted by Gasteiger charge is 2.03. The molecule has 1 heterocycles. The first-order valence-corrected chi connectivity index (χ1v) is 6.24. The molecule has 0 aliphatic heterocycles. The quantitative estimate of drug-likeness (QED) is 0.586. The number of rotatable bonds is 3. The van der Waals surface area contributed by atoms with Crippen molar-refractivity contribution < 1.29 is 5.11 Å². The molecular formula is C12H14N4OS. The van der Waals surface area contributed by atoms with Crippen molar-refractivity contribution in [3.05, 3.63) is 34.2 Å². The van der Waals surface area contributed by atoms with Crippen molar-refractivity contribution >= 4 is 28.5 Å². The van der Waals surface area contributed by atoms with Crippen LogP contribution in [0.3, 0.4) is 0 Å². The number of aryl methyl sites for hydroxylation is 2. The third kappa shape index (κ3) is 2.78. The van der Waals surface area contributed by atoms with Crippen molar-refractivity contribution in [2.24, 2.45) is 5.10 Å². The zero-order chi connectivity index (χ0) is 13.1. The van der Waals surface area contributed by atoms with Gasteiger partial charge in [0.05, 0.1) is 6.21 Å². The second-order valence-corrected chi connectivity index (χ2v) is 4.82. The largest absolute Gasteiger partial charge is 0.507 e. The lowest BCUT2D eigenvalue weighted by molar-refractivity contribution is 0.473. The predicted octanol–water partition coefficient (Wildman–Crippen LogP) is 2.49. The first kappa shape index (κ1) is 12.4. The fourth-order valence-electron chi connectivity index (χ4n) is 1.61. The van der Waals surface area contributed by atoms with Gasteiger partial charge < -0.3 is 10.8 Å². The van der Waals surface area contributed by atoms with Crippen LogP contribution >= 0.6 is 11.3 Å². The van der Waals surface area contributed by atoms with E-state index >= 15 is 0 Å². The number of aromatic hydroxyl groups is 1. The number of nitrogens with two attached hydrogens (primary N) is 1. The van der Waals surface area contributed by atoms with Crippen LogP contribution in [0.25, 0.3) is 0 Å². The molecule has 5 nitrogen and oxygen atoms in total. The van der Waals surface area contributed by atoms with Crippen LogP contribution in [0.4, 0.5) is 10.9 Å². The first-order valence-electron chi connectivity index (χ1n) is 5.36. The molecule has 6 heteroatoms. The fraction of sp³-hybridized carbons (Fsp3) is 0.167. The number of phenols is 1. The van der Waals surface area contributed by atoms with Gasteiger partial charge in [-0.05, 0) is 31.0 Å². The molecule has 0 aliphatic carbocycles. The highest BCUT2D eigenvalue weighted by Crippen LogP contribution is 2.21. The summed E-state index contributed by atoms with van der Waals surface area (Å²) in [7, 11) is 0. The molecule has 0 unspecified atom stereocenters. The average molecular weight is 262 g/mol. The molecule has 2 rings (SSSR count). The van der Waals surface area contributed by atoms with Gasteiger partial charge in [-0.3, -0.25) is 5.43 Å². The molecule has 0 atom stereocenters. The van der Waals surface area contributed by atoms with Crippen molar-refractivity contribution in [3.63, 3.8) is 0 Å². The number of anilines is 2. The summed E-state index contributed by atoms with van der Waals surface area (Å²) in [4.78, 5) is 4.01. The summed E-state index contributed by atoms with van der Waals surface area (Å²) in [5.74, 6) is 0.684. The fourth-order valence-corrected chi connectivity index (χ4v) is 2.16. The maximum absolute atomic E-state index is 9.82. The average Bonchev–Trinajstić information content (AvgIpc) is 2.68. The van der Waals surface area contributed by atoms with Crippen molar-refractivity contribution in [1.29, 1.82) is 0 Å². The molecule has 0 fully saturated rings. The highest BCUT2D eigenvalue weighted by molar-refractivity contribution is 7.14. The minimum atomic E-state index is 0.219. The molecule has 1 aromatic carbocycles. The molecule has 94 valence electrons. The molecule has 0 radical (unpaired) electrons. The Morgan fingerprint density at radius 2 is 2.22 bits per heavy atom. The Labute approximate surface area is 109 Å². The van der Waals surface area contributed by atoms with Crippen LogP contribution in [0.15, 0.2) is 22.6 Å². The second kappa shape index (κ2) is 5.05. The topological polar surface area (TPSA) is 83.5 Å². The molecule has 4 N–H and O–H groups in total. The minimum Gasteiger partial charge on any atom is -0.507 e. The normalized spacial score (nSPS) is 11.0. The maximum Gasteiger partial charge on any atom is 0.205 e. The Bertz CT molecular complexity index is 569. The van der Waals surface area contributed by atoms with Gasteiger partial charge in [-0.15, -0.1) is 11.3 Å². The van der Waals surface area contributed by atoms with E-state index in [4.69, 9.17) is 5.73 Å². The van der Waals surface area contributed by atoms with Crippen LogP contribution in [-0.4, -0.2) is 16.3 Å². The van der Waals surface area contributed by atoms with E-state index < -0.39 is 0 Å². The third-order valence-electron chi connectivity index (χ3n) is 2.39. The Morgan fingerprint density at radius 1 is 1.44 bits per heavy atom. The minimum absolute atomic E-state index is 0.219. The van der Waals surface area contributed by atoms with E-state index in [0.717, 1.165) is 11.1 Å². The van der Waals surface area contributed by atoms with Crippen molar-refractivity contribution in [2.45, 2.75) is 13.8 Å². The van der Waals surface area contributed by atoms with E-state index in [-0.39, 0.29) is 5.75 Å². The number of thiazole rings is 1. The zero-order valence-corrected chi connectivity index (χ0v) is 11.0. The van der Waals surface area contributed by atoms with Crippen LogP contribution in [0.5, 0.6) is 5.75 Å². The Hall–Kier alpha value is -2.08. The van der Waals surface area contributed by atoms with Gasteiger partial charge >= 0.3 is 0 Å². The van der Waals surface area contributed by atoms with Gasteiger partial charge in [0.25, 0.3) is 0 Å². The standard InChI is InChI=1S/C12H14N4OS/c1-7-3-8(2)9(10(17)4-7)5-14-16-12-15-11(13)6-18-12/h3-6,17H,13H2,1-2H3,(H,15,16). The molecule has 2 aromatic rings. The van der Waals surface area contributed by atoms with E-state index in [9.17, 15) is 5.11 Å². The molecule has 0 aliphatic rings. The Balaban J connectivity index is 2.14. The summed E-state index contributed by atoms with van der Waals surface area (Å²) in [5, 5.41) is 16.2. The number of nitrogens with zero attached hydrogens (tertiary/aromatic N) is 2. The van der Waals surface area contributed by atoms with E-state index in [0.29, 0.717) is 16.5 Å². The molecule has 0 saturated carbocycles. The van der Waals surface area contributed by atoms with E-state index in [1.54, 1.807) is 17.7 Å². The maximum atomic E-state index is 9.82. The van der Waals surface area contributed by atoms with Crippen LogP contribution in [0, 0.1) is 13.8 Å². The van der Waals surface area contributed by atoms with Gasteiger partial charge in [0.15, 0.2) is 0 Å². The SMILES string of the molecule is Cc1cc(C)c(C=NNc2nc(N)cs2)c(O)c1. The van der Waals surface area contributed by atoms with Crippen LogP contribution in [0.2, 0.25) is 0 Å². The van der Waals surface area contributed by atoms with Crippen molar-refractivity contribution in [3.8, 4) is 5.75 Å². The third-order valence-corrected chi connectivity index (χ3v) is 3.15. The smallest absolute Gasteiger partial charge is 0.205 e. The summed E-state index contributed by atoms with van der Waals surface area (Å²) in [6, 6.07) is 3.69. The molecule has 0 spiro atoms. The molecular weight excluding hydrogens is 248 g/mol. The van der Waals surface area contributed by atoms with Gasteiger partial charge in [0, 0.05) is 10.9 Å². The van der Waals surface area contributed by atoms with E-state index in [1.807, 2.05) is 19.9 Å². The van der Waals surface area contributed by atoms with E-state index in [2.05, 4.69) is 15.5 Å². The lowest BCUT2D eigenvalue weighted by atomic mass is 10.1. The molecule has 18 heavy (non-hydrogen) atoms. The lowest BCUT2D eigenvalue weighted by Crippen LogP contribution is -1.94. The van der Waals surface area contributed by atoms with Gasteiger partial charge in [0.1, 0.15) is 11.6 Å². The van der Waals surface area contributed by atoms with Gasteiger partial charge in [-0.1, -0.05) is 6.07 Å². The number of nitrogens with one attached hydrogen (secondary N) is 1. The molecule has 0 bridgehead atoms. The number of benzene rings is 1. The van der Waals surface area contributed by atoms with Crippen LogP contribution in [0.1, 0.15) is 16.7 Å². The summed E-state index contributed by atoms with van der Waals surface area (Å²) < 4.78 is 0. The summed E-state index contributed by atoms with van der Waals surface area (Å²) in [6.07, 6.45) is 1.57. The van der Waals surface area contributed by atoms with Crippen molar-refractivity contribution in [1.82, 2.24) is 4.98 Å². The van der Waals surface area contributed by atoms with Gasteiger partial charge in [0.2, 0.25) is 5.13 Å². The Morgan fingerprint density at radius 3 is 2.83 bits per heavy atom. The predicted molar refractivity (Wildman–Crippen MR) is 75.3 cm³/mol. The van der Waals surface area contributed by atoms with Gasteiger partial charge in [-0.25, -0.2) is 4.98 Å². The summed E-state index contributed by atoms with van der Waals surface area (Å²) in [5.41, 5.74) is 10.9. The number of hydrazone groups is 1. The van der Waals surface area contributed by atoms with Gasteiger partial charge in [-0.2, -0.15) is 5.10 Å². The first-order chi connectivity index (χ1) is 8.56. The lowest BCUT2D eigenvalue weighted by Gasteiger charge is -2.04. The molecule has 0 amide bonds. The second-order valence-electron chi connectivity index (χ2n) is 3.96. The molecule has 1 aromatic heterocycles. The number of hydrogen-bond acceptors (Lipinski definition) is 6. The monoisotopic (exact) mass is 262 g/mol.